The summed E-state index contributed by atoms with van der Waals surface area (Å²) in [6, 6.07) is -4.97. The number of aliphatic hydroxyl groups is 19. The molecule has 7 aliphatic rings. The van der Waals surface area contributed by atoms with Gasteiger partial charge in [0.2, 0.25) is 17.7 Å². The topological polar surface area (TPSA) is 592 Å². The highest BCUT2D eigenvalue weighted by Gasteiger charge is 2.57. The Hall–Kier alpha value is -2.87. The van der Waals surface area contributed by atoms with Crippen molar-refractivity contribution < 1.29 is 173 Å². The average molecular weight is 1260 g/mol. The first-order valence-corrected chi connectivity index (χ1v) is 27.5. The molecule has 1 unspecified atom stereocenters. The third-order valence-corrected chi connectivity index (χ3v) is 15.7. The van der Waals surface area contributed by atoms with Crippen LogP contribution in [0.1, 0.15) is 27.7 Å². The van der Waals surface area contributed by atoms with Crippen LogP contribution in [0.2, 0.25) is 0 Å². The number of carbonyl (C=O) groups is 3. The number of rotatable bonds is 21. The summed E-state index contributed by atoms with van der Waals surface area (Å²) in [5, 5.41) is 213. The summed E-state index contributed by atoms with van der Waals surface area (Å²) < 4.78 is 75.0. The second kappa shape index (κ2) is 30.5. The fourth-order valence-electron chi connectivity index (χ4n) is 10.8. The van der Waals surface area contributed by atoms with Crippen molar-refractivity contribution in [3.05, 3.63) is 0 Å². The van der Waals surface area contributed by atoms with Crippen LogP contribution in [0, 0.1) is 0 Å². The molecule has 7 aliphatic heterocycles. The monoisotopic (exact) mass is 1260 g/mol. The number of aliphatic hydroxyl groups excluding tert-OH is 19. The van der Waals surface area contributed by atoms with Gasteiger partial charge in [-0.1, -0.05) is 0 Å². The molecule has 0 radical (unpaired) electrons. The normalized spacial score (nSPS) is 49.4. The molecule has 0 aromatic rings. The van der Waals surface area contributed by atoms with Crippen LogP contribution in [0.3, 0.4) is 0 Å². The predicted octanol–water partition coefficient (Wildman–Crippen LogP) is -14.8. The summed E-state index contributed by atoms with van der Waals surface area (Å²) in [7, 11) is 0. The van der Waals surface area contributed by atoms with E-state index >= 15 is 0 Å². The highest BCUT2D eigenvalue weighted by atomic mass is 16.8. The van der Waals surface area contributed by atoms with Crippen molar-refractivity contribution in [1.82, 2.24) is 16.0 Å². The molecule has 86 heavy (non-hydrogen) atoms. The molecular weight excluding hydrogens is 1180 g/mol. The van der Waals surface area contributed by atoms with Crippen LogP contribution < -0.4 is 16.0 Å². The van der Waals surface area contributed by atoms with Crippen LogP contribution in [-0.4, -0.2) is 369 Å². The zero-order valence-corrected chi connectivity index (χ0v) is 46.5. The molecule has 0 saturated carbocycles. The van der Waals surface area contributed by atoms with Crippen molar-refractivity contribution in [1.29, 1.82) is 0 Å². The quantitative estimate of drug-likeness (QED) is 0.0507. The van der Waals surface area contributed by atoms with Crippen LogP contribution in [0.4, 0.5) is 0 Å². The Morgan fingerprint density at radius 2 is 0.686 bits per heavy atom. The maximum absolute atomic E-state index is 12.8. The van der Waals surface area contributed by atoms with E-state index in [-0.39, 0.29) is 0 Å². The van der Waals surface area contributed by atoms with Crippen molar-refractivity contribution in [3.8, 4) is 0 Å². The Kier molecular flexibility index (Phi) is 25.0. The molecule has 7 fully saturated rings. The molecule has 498 valence electrons. The van der Waals surface area contributed by atoms with Gasteiger partial charge in [0.05, 0.1) is 45.7 Å². The molecule has 3 amide bonds. The third kappa shape index (κ3) is 15.7. The van der Waals surface area contributed by atoms with Crippen molar-refractivity contribution in [2.24, 2.45) is 0 Å². The first kappa shape index (κ1) is 70.6. The lowest BCUT2D eigenvalue weighted by Crippen LogP contribution is -2.70. The highest BCUT2D eigenvalue weighted by Crippen LogP contribution is 2.36. The minimum absolute atomic E-state index is 0.706. The van der Waals surface area contributed by atoms with Gasteiger partial charge >= 0.3 is 0 Å². The van der Waals surface area contributed by atoms with Gasteiger partial charge in [-0.15, -0.1) is 0 Å². The van der Waals surface area contributed by atoms with E-state index in [4.69, 9.17) is 61.6 Å². The zero-order valence-electron chi connectivity index (χ0n) is 46.5. The lowest BCUT2D eigenvalue weighted by atomic mass is 9.94. The molecule has 38 nitrogen and oxygen atoms in total. The molecule has 35 atom stereocenters. The van der Waals surface area contributed by atoms with Gasteiger partial charge in [-0.2, -0.15) is 0 Å². The highest BCUT2D eigenvalue weighted by molar-refractivity contribution is 5.74. The van der Waals surface area contributed by atoms with E-state index < -0.39 is 272 Å². The van der Waals surface area contributed by atoms with Crippen molar-refractivity contribution in [2.45, 2.75) is 242 Å². The van der Waals surface area contributed by atoms with E-state index in [0.717, 1.165) is 20.8 Å². The van der Waals surface area contributed by atoms with Gasteiger partial charge in [-0.05, 0) is 6.92 Å². The average Bonchev–Trinajstić information content (AvgIpc) is 3.18. The first-order valence-electron chi connectivity index (χ1n) is 27.5. The first-order chi connectivity index (χ1) is 40.5. The Bertz CT molecular complexity index is 2170. The van der Waals surface area contributed by atoms with Gasteiger partial charge in [0.15, 0.2) is 44.0 Å². The molecule has 7 heterocycles. The van der Waals surface area contributed by atoms with Crippen molar-refractivity contribution >= 4 is 17.7 Å². The number of nitrogens with one attached hydrogen (secondary N) is 3. The minimum atomic E-state index is -2.32. The summed E-state index contributed by atoms with van der Waals surface area (Å²) in [6.45, 7) is -0.980. The van der Waals surface area contributed by atoms with Crippen LogP contribution in [0.15, 0.2) is 0 Å². The van der Waals surface area contributed by atoms with E-state index in [1.54, 1.807) is 0 Å². The van der Waals surface area contributed by atoms with Gasteiger partial charge in [0, 0.05) is 20.8 Å². The molecule has 0 aromatic heterocycles. The molecule has 0 bridgehead atoms. The van der Waals surface area contributed by atoms with E-state index in [9.17, 15) is 111 Å². The van der Waals surface area contributed by atoms with Crippen LogP contribution in [0.25, 0.3) is 0 Å². The molecule has 0 spiro atoms. The van der Waals surface area contributed by atoms with Gasteiger partial charge in [0.25, 0.3) is 0 Å². The van der Waals surface area contributed by atoms with Crippen molar-refractivity contribution in [3.63, 3.8) is 0 Å². The Morgan fingerprint density at radius 1 is 0.326 bits per heavy atom. The smallest absolute Gasteiger partial charge is 0.217 e. The van der Waals surface area contributed by atoms with Gasteiger partial charge in [-0.3, -0.25) is 14.4 Å². The molecule has 38 heteroatoms. The molecule has 22 N–H and O–H groups in total. The maximum atomic E-state index is 12.8. The lowest BCUT2D eigenvalue weighted by molar-refractivity contribution is -0.384. The number of carbonyl (C=O) groups excluding carboxylic acids is 3. The summed E-state index contributed by atoms with van der Waals surface area (Å²) >= 11 is 0. The Morgan fingerprint density at radius 3 is 1.24 bits per heavy atom. The number of hydrogen-bond donors (Lipinski definition) is 22. The number of hydrogen-bond acceptors (Lipinski definition) is 35. The molecule has 0 aromatic carbocycles. The summed E-state index contributed by atoms with van der Waals surface area (Å²) in [5.41, 5.74) is 0. The summed E-state index contributed by atoms with van der Waals surface area (Å²) in [6.07, 6.45) is -60.3. The second-order valence-corrected chi connectivity index (χ2v) is 21.9. The molecule has 0 aliphatic carbocycles. The van der Waals surface area contributed by atoms with E-state index in [1.807, 2.05) is 0 Å². The number of ether oxygens (including phenoxy) is 13. The van der Waals surface area contributed by atoms with Crippen LogP contribution >= 0.6 is 0 Å². The Balaban J connectivity index is 1.13. The zero-order chi connectivity index (χ0) is 63.5. The van der Waals surface area contributed by atoms with E-state index in [0.29, 0.717) is 0 Å². The summed E-state index contributed by atoms with van der Waals surface area (Å²) in [4.78, 5) is 37.0. The Labute approximate surface area is 488 Å². The fourth-order valence-corrected chi connectivity index (χ4v) is 10.8. The standard InChI is InChI=1S/C48H81N3O35/c1-11-24(58)32(66)35(69)45(77-11)76-10-20-40(30(64)21(42(73)78-20)49-12(2)55)84-44-23(51-14(4)57)31(65)39(17(7-54)81-44)85-48-38(72)41(86-47-37(71)33(67)26(60)16(6-53)80-47)28(62)19(83-48)9-75-46-36(70)34(68)27(61)18(82-46)8-74-43-22(50-13(3)56)29(63)25(59)15(5-52)79-43/h11,15-48,52-54,58-73H,5-10H2,1-4H3,(H,49,55)(H,50,56)(H,51,57)/t11-,15+,16+,17+,18+,19+,20+,21+,22+,23+,24+,25+,26+,27+,28+,29+,30+,31+,32+,33-,34-,35-,36-,37-,38-,39+,40+,41-,42?,43+,44-,45+,46-,47+,48-/m0/s1. The fraction of sp³-hybridized carbons (Fsp3) is 0.938. The van der Waals surface area contributed by atoms with Gasteiger partial charge in [0.1, 0.15) is 165 Å². The molecule has 7 saturated heterocycles. The summed E-state index contributed by atoms with van der Waals surface area (Å²) in [5.74, 6) is -2.37. The van der Waals surface area contributed by atoms with Crippen LogP contribution in [0.5, 0.6) is 0 Å². The third-order valence-electron chi connectivity index (χ3n) is 15.7. The van der Waals surface area contributed by atoms with E-state index in [2.05, 4.69) is 16.0 Å². The largest absolute Gasteiger partial charge is 0.394 e. The molecule has 7 rings (SSSR count). The maximum Gasteiger partial charge on any atom is 0.217 e. The minimum Gasteiger partial charge on any atom is -0.394 e. The lowest BCUT2D eigenvalue weighted by Gasteiger charge is -2.50. The van der Waals surface area contributed by atoms with Gasteiger partial charge < -0.3 is 175 Å². The predicted molar refractivity (Wildman–Crippen MR) is 265 cm³/mol. The number of amides is 3. The van der Waals surface area contributed by atoms with Crippen LogP contribution in [-0.2, 0) is 76.0 Å². The van der Waals surface area contributed by atoms with Gasteiger partial charge in [-0.25, -0.2) is 0 Å². The second-order valence-electron chi connectivity index (χ2n) is 21.9. The van der Waals surface area contributed by atoms with Crippen molar-refractivity contribution in [2.75, 3.05) is 39.6 Å². The SMILES string of the molecule is CC(=O)N[C@H]1[C@H](O[C@H]2[C@H](O)[C@@H](NC(C)=O)C(O)O[C@@H]2CO[C@@H]2O[C@@H](C)[C@@H](O)[C@@H](O)[C@@H]2O)O[C@H](CO)[C@@H](O[C@@H]2O[C@H](CO[C@H]3O[C@H](CO[C@@H]4O[C@H](CO)[C@@H](O)[C@H](O)[C@H]4NC(C)=O)[C@@H](O)[C@H](O)[C@@H]3O)[C@@H](O)[C@H](O[C@H]3O[C@H](CO)[C@@H](O)[C@H](O)[C@@H]3O)[C@@H]2O)[C@@H]1O. The van der Waals surface area contributed by atoms with E-state index in [1.165, 1.54) is 6.92 Å². The molecular formula is C48H81N3O35.